The van der Waals surface area contributed by atoms with E-state index in [9.17, 15) is 0 Å². The highest BCUT2D eigenvalue weighted by atomic mass is 14.3. The van der Waals surface area contributed by atoms with E-state index in [1.807, 2.05) is 6.92 Å². The van der Waals surface area contributed by atoms with Crippen LogP contribution in [0.4, 0.5) is 0 Å². The molecule has 0 spiro atoms. The summed E-state index contributed by atoms with van der Waals surface area (Å²) in [7, 11) is 0. The van der Waals surface area contributed by atoms with E-state index in [1.54, 1.807) is 0 Å². The van der Waals surface area contributed by atoms with Gasteiger partial charge in [-0.05, 0) is 48.3 Å². The Bertz CT molecular complexity index is 426. The standard InChI is InChI=1S/C15H19N/c1-10(2)14-7-13-5-4-12(11(3)9-16)6-15(13)8-14/h4-6,10-11,14H,7-8H2,1-3H3/t11-,14+/m0/s1. The Morgan fingerprint density at radius 2 is 1.88 bits per heavy atom. The van der Waals surface area contributed by atoms with Crippen molar-refractivity contribution >= 4 is 0 Å². The van der Waals surface area contributed by atoms with Gasteiger partial charge in [0.25, 0.3) is 0 Å². The number of rotatable bonds is 2. The molecule has 1 aliphatic carbocycles. The first-order chi connectivity index (χ1) is 7.61. The maximum atomic E-state index is 8.93. The molecule has 1 aromatic carbocycles. The molecular weight excluding hydrogens is 194 g/mol. The second-order valence-corrected chi connectivity index (χ2v) is 5.29. The van der Waals surface area contributed by atoms with Crippen molar-refractivity contribution in [3.8, 4) is 6.07 Å². The van der Waals surface area contributed by atoms with Crippen molar-refractivity contribution in [2.75, 3.05) is 0 Å². The maximum absolute atomic E-state index is 8.93. The van der Waals surface area contributed by atoms with E-state index < -0.39 is 0 Å². The SMILES string of the molecule is CC(C)[C@@H]1Cc2ccc([C@@H](C)C#N)cc2C1. The molecule has 0 radical (unpaired) electrons. The van der Waals surface area contributed by atoms with Crippen molar-refractivity contribution in [3.63, 3.8) is 0 Å². The first-order valence-corrected chi connectivity index (χ1v) is 6.13. The van der Waals surface area contributed by atoms with Crippen LogP contribution in [0.25, 0.3) is 0 Å². The average molecular weight is 213 g/mol. The largest absolute Gasteiger partial charge is 0.198 e. The molecule has 16 heavy (non-hydrogen) atoms. The summed E-state index contributed by atoms with van der Waals surface area (Å²) in [5, 5.41) is 8.93. The minimum absolute atomic E-state index is 0.0170. The van der Waals surface area contributed by atoms with E-state index in [4.69, 9.17) is 5.26 Å². The van der Waals surface area contributed by atoms with Gasteiger partial charge in [-0.1, -0.05) is 32.0 Å². The summed E-state index contributed by atoms with van der Waals surface area (Å²) in [6.07, 6.45) is 2.41. The number of nitrogens with zero attached hydrogens (tertiary/aromatic N) is 1. The molecule has 1 aliphatic rings. The summed E-state index contributed by atoms with van der Waals surface area (Å²) in [6, 6.07) is 8.89. The fourth-order valence-electron chi connectivity index (χ4n) is 2.49. The monoisotopic (exact) mass is 213 g/mol. The second kappa shape index (κ2) is 4.29. The minimum Gasteiger partial charge on any atom is -0.198 e. The first-order valence-electron chi connectivity index (χ1n) is 6.13. The van der Waals surface area contributed by atoms with Crippen molar-refractivity contribution < 1.29 is 0 Å². The van der Waals surface area contributed by atoms with Crippen LogP contribution in [0.5, 0.6) is 0 Å². The maximum Gasteiger partial charge on any atom is 0.0700 e. The minimum atomic E-state index is 0.0170. The van der Waals surface area contributed by atoms with E-state index in [1.165, 1.54) is 29.5 Å². The smallest absolute Gasteiger partial charge is 0.0700 e. The third-order valence-electron chi connectivity index (χ3n) is 3.83. The Kier molecular flexibility index (Phi) is 3.01. The van der Waals surface area contributed by atoms with Crippen molar-refractivity contribution in [3.05, 3.63) is 34.9 Å². The molecule has 0 saturated heterocycles. The van der Waals surface area contributed by atoms with Crippen LogP contribution < -0.4 is 0 Å². The molecule has 0 unspecified atom stereocenters. The molecule has 0 amide bonds. The normalized spacial score (nSPS) is 20.6. The van der Waals surface area contributed by atoms with Gasteiger partial charge in [0.15, 0.2) is 0 Å². The molecule has 0 aliphatic heterocycles. The highest BCUT2D eigenvalue weighted by molar-refractivity contribution is 5.38. The average Bonchev–Trinajstić information content (AvgIpc) is 2.70. The van der Waals surface area contributed by atoms with Crippen molar-refractivity contribution in [2.45, 2.75) is 39.5 Å². The Balaban J connectivity index is 2.25. The number of hydrogen-bond acceptors (Lipinski definition) is 1. The fraction of sp³-hybridized carbons (Fsp3) is 0.533. The van der Waals surface area contributed by atoms with Gasteiger partial charge < -0.3 is 0 Å². The van der Waals surface area contributed by atoms with Crippen LogP contribution >= 0.6 is 0 Å². The lowest BCUT2D eigenvalue weighted by Gasteiger charge is -2.12. The quantitative estimate of drug-likeness (QED) is 0.735. The van der Waals surface area contributed by atoms with E-state index in [-0.39, 0.29) is 5.92 Å². The van der Waals surface area contributed by atoms with Gasteiger partial charge in [-0.3, -0.25) is 0 Å². The zero-order chi connectivity index (χ0) is 11.7. The lowest BCUT2D eigenvalue weighted by molar-refractivity contribution is 0.404. The fourth-order valence-corrected chi connectivity index (χ4v) is 2.49. The van der Waals surface area contributed by atoms with Crippen LogP contribution in [0.15, 0.2) is 18.2 Å². The summed E-state index contributed by atoms with van der Waals surface area (Å²) < 4.78 is 0. The zero-order valence-electron chi connectivity index (χ0n) is 10.3. The Labute approximate surface area is 98.1 Å². The van der Waals surface area contributed by atoms with Gasteiger partial charge in [0, 0.05) is 0 Å². The summed E-state index contributed by atoms with van der Waals surface area (Å²) in [5.41, 5.74) is 4.14. The molecule has 0 N–H and O–H groups in total. The molecule has 84 valence electrons. The van der Waals surface area contributed by atoms with Crippen molar-refractivity contribution in [1.82, 2.24) is 0 Å². The molecule has 0 heterocycles. The molecule has 1 nitrogen and oxygen atoms in total. The molecule has 0 aromatic heterocycles. The second-order valence-electron chi connectivity index (χ2n) is 5.29. The molecular formula is C15H19N. The zero-order valence-corrected chi connectivity index (χ0v) is 10.3. The van der Waals surface area contributed by atoms with Crippen LogP contribution in [-0.4, -0.2) is 0 Å². The predicted octanol–water partition coefficient (Wildman–Crippen LogP) is 3.68. The van der Waals surface area contributed by atoms with E-state index >= 15 is 0 Å². The highest BCUT2D eigenvalue weighted by Gasteiger charge is 2.24. The summed E-state index contributed by atoms with van der Waals surface area (Å²) >= 11 is 0. The van der Waals surface area contributed by atoms with Gasteiger partial charge in [0.2, 0.25) is 0 Å². The van der Waals surface area contributed by atoms with Gasteiger partial charge in [-0.25, -0.2) is 0 Å². The molecule has 1 heteroatoms. The third kappa shape index (κ3) is 1.97. The van der Waals surface area contributed by atoms with Gasteiger partial charge in [0.05, 0.1) is 12.0 Å². The lowest BCUT2D eigenvalue weighted by atomic mass is 9.93. The van der Waals surface area contributed by atoms with Crippen LogP contribution in [0.2, 0.25) is 0 Å². The highest BCUT2D eigenvalue weighted by Crippen LogP contribution is 2.33. The number of nitriles is 1. The van der Waals surface area contributed by atoms with Gasteiger partial charge >= 0.3 is 0 Å². The summed E-state index contributed by atoms with van der Waals surface area (Å²) in [6.45, 7) is 6.57. The Morgan fingerprint density at radius 3 is 2.50 bits per heavy atom. The first kappa shape index (κ1) is 11.2. The van der Waals surface area contributed by atoms with Crippen LogP contribution in [-0.2, 0) is 12.8 Å². The molecule has 2 atom stereocenters. The van der Waals surface area contributed by atoms with Gasteiger partial charge in [0.1, 0.15) is 0 Å². The topological polar surface area (TPSA) is 23.8 Å². The van der Waals surface area contributed by atoms with Crippen molar-refractivity contribution in [2.24, 2.45) is 11.8 Å². The molecule has 0 bridgehead atoms. The number of benzene rings is 1. The number of fused-ring (bicyclic) bond motifs is 1. The lowest BCUT2D eigenvalue weighted by Crippen LogP contribution is -2.07. The predicted molar refractivity (Wildman–Crippen MR) is 66.2 cm³/mol. The van der Waals surface area contributed by atoms with E-state index in [0.717, 1.165) is 11.8 Å². The van der Waals surface area contributed by atoms with Gasteiger partial charge in [-0.15, -0.1) is 0 Å². The third-order valence-corrected chi connectivity index (χ3v) is 3.83. The molecule has 0 fully saturated rings. The summed E-state index contributed by atoms with van der Waals surface area (Å²) in [5.74, 6) is 1.57. The van der Waals surface area contributed by atoms with Crippen LogP contribution in [0, 0.1) is 23.2 Å². The Hall–Kier alpha value is -1.29. The van der Waals surface area contributed by atoms with Crippen LogP contribution in [0.3, 0.4) is 0 Å². The van der Waals surface area contributed by atoms with Crippen molar-refractivity contribution in [1.29, 1.82) is 5.26 Å². The Morgan fingerprint density at radius 1 is 1.19 bits per heavy atom. The van der Waals surface area contributed by atoms with Crippen LogP contribution in [0.1, 0.15) is 43.4 Å². The van der Waals surface area contributed by atoms with E-state index in [2.05, 4.69) is 38.1 Å². The molecule has 1 aromatic rings. The molecule has 2 rings (SSSR count). The van der Waals surface area contributed by atoms with Gasteiger partial charge in [-0.2, -0.15) is 5.26 Å². The summed E-state index contributed by atoms with van der Waals surface area (Å²) in [4.78, 5) is 0. The molecule has 0 saturated carbocycles. The number of hydrogen-bond donors (Lipinski definition) is 0. The van der Waals surface area contributed by atoms with E-state index in [0.29, 0.717) is 0 Å².